The van der Waals surface area contributed by atoms with E-state index >= 15 is 0 Å². The molecular formula is C16H13ClN2O6. The molecule has 1 N–H and O–H groups in total. The highest BCUT2D eigenvalue weighted by molar-refractivity contribution is 6.32. The molecule has 0 fully saturated rings. The number of ether oxygens (including phenoxy) is 3. The molecule has 8 nitrogen and oxygen atoms in total. The van der Waals surface area contributed by atoms with Crippen LogP contribution in [-0.4, -0.2) is 31.2 Å². The van der Waals surface area contributed by atoms with Crippen molar-refractivity contribution in [2.45, 2.75) is 0 Å². The summed E-state index contributed by atoms with van der Waals surface area (Å²) in [5, 5.41) is 14.2. The average molecular weight is 365 g/mol. The smallest absolute Gasteiger partial charge is 0.286 e. The van der Waals surface area contributed by atoms with E-state index in [1.165, 1.54) is 25.3 Å². The van der Waals surface area contributed by atoms with Gasteiger partial charge in [-0.25, -0.2) is 0 Å². The monoisotopic (exact) mass is 364 g/mol. The van der Waals surface area contributed by atoms with Gasteiger partial charge in [0, 0.05) is 11.8 Å². The zero-order valence-electron chi connectivity index (χ0n) is 13.1. The number of nitrogens with zero attached hydrogens (tertiary/aromatic N) is 1. The standard InChI is InChI=1S/C16H13ClN2O6/c1-23-13-3-2-9(6-11(13)17)18-16(20)10-7-14-15(25-5-4-24-14)8-12(10)19(21)22/h2-3,6-8H,4-5H2,1H3,(H,18,20). The fourth-order valence-electron chi connectivity index (χ4n) is 2.35. The quantitative estimate of drug-likeness (QED) is 0.660. The molecule has 1 aliphatic heterocycles. The van der Waals surface area contributed by atoms with Crippen LogP contribution in [0.3, 0.4) is 0 Å². The largest absolute Gasteiger partial charge is 0.495 e. The van der Waals surface area contributed by atoms with E-state index in [0.29, 0.717) is 29.7 Å². The molecule has 0 spiro atoms. The van der Waals surface area contributed by atoms with E-state index < -0.39 is 10.8 Å². The van der Waals surface area contributed by atoms with Crippen molar-refractivity contribution in [3.05, 3.63) is 51.0 Å². The van der Waals surface area contributed by atoms with Crippen LogP contribution in [0.15, 0.2) is 30.3 Å². The number of anilines is 1. The van der Waals surface area contributed by atoms with E-state index in [1.54, 1.807) is 12.1 Å². The maximum absolute atomic E-state index is 12.5. The zero-order valence-corrected chi connectivity index (χ0v) is 13.8. The molecule has 0 aromatic heterocycles. The minimum absolute atomic E-state index is 0.138. The molecule has 25 heavy (non-hydrogen) atoms. The minimum atomic E-state index is -0.662. The number of hydrogen-bond acceptors (Lipinski definition) is 6. The van der Waals surface area contributed by atoms with Gasteiger partial charge in [0.1, 0.15) is 24.5 Å². The van der Waals surface area contributed by atoms with Crippen LogP contribution >= 0.6 is 11.6 Å². The van der Waals surface area contributed by atoms with Crippen molar-refractivity contribution < 1.29 is 23.9 Å². The molecule has 0 atom stereocenters. The molecule has 3 rings (SSSR count). The van der Waals surface area contributed by atoms with Crippen LogP contribution in [0.5, 0.6) is 17.2 Å². The third kappa shape index (κ3) is 3.43. The molecule has 0 unspecified atom stereocenters. The van der Waals surface area contributed by atoms with Gasteiger partial charge in [-0.3, -0.25) is 14.9 Å². The van der Waals surface area contributed by atoms with Gasteiger partial charge in [-0.2, -0.15) is 0 Å². The highest BCUT2D eigenvalue weighted by Gasteiger charge is 2.26. The zero-order chi connectivity index (χ0) is 18.0. The first-order chi connectivity index (χ1) is 12.0. The van der Waals surface area contributed by atoms with Crippen LogP contribution in [0.2, 0.25) is 5.02 Å². The third-order valence-electron chi connectivity index (χ3n) is 3.51. The number of rotatable bonds is 4. The molecule has 0 saturated heterocycles. The van der Waals surface area contributed by atoms with Gasteiger partial charge in [0.2, 0.25) is 0 Å². The number of amides is 1. The van der Waals surface area contributed by atoms with Gasteiger partial charge in [0.05, 0.1) is 23.1 Å². The lowest BCUT2D eigenvalue weighted by atomic mass is 10.1. The number of halogens is 1. The lowest BCUT2D eigenvalue weighted by Gasteiger charge is -2.19. The lowest BCUT2D eigenvalue weighted by Crippen LogP contribution is -2.18. The number of nitro groups is 1. The number of hydrogen-bond donors (Lipinski definition) is 1. The molecule has 1 amide bonds. The Bertz CT molecular complexity index is 855. The van der Waals surface area contributed by atoms with Gasteiger partial charge >= 0.3 is 0 Å². The first-order valence-electron chi connectivity index (χ1n) is 7.22. The Hall–Kier alpha value is -3.00. The van der Waals surface area contributed by atoms with Gasteiger partial charge in [0.15, 0.2) is 11.5 Å². The van der Waals surface area contributed by atoms with Crippen LogP contribution in [0, 0.1) is 10.1 Å². The summed E-state index contributed by atoms with van der Waals surface area (Å²) in [5.41, 5.74) is -0.137. The van der Waals surface area contributed by atoms with E-state index in [9.17, 15) is 14.9 Å². The predicted molar refractivity (Wildman–Crippen MR) is 90.0 cm³/mol. The van der Waals surface area contributed by atoms with Crippen LogP contribution in [0.25, 0.3) is 0 Å². The summed E-state index contributed by atoms with van der Waals surface area (Å²) in [4.78, 5) is 23.2. The molecule has 0 radical (unpaired) electrons. The van der Waals surface area contributed by atoms with E-state index in [4.69, 9.17) is 25.8 Å². The molecule has 0 bridgehead atoms. The van der Waals surface area contributed by atoms with Crippen molar-refractivity contribution in [3.8, 4) is 17.2 Å². The van der Waals surface area contributed by atoms with Gasteiger partial charge in [-0.15, -0.1) is 0 Å². The Kier molecular flexibility index (Phi) is 4.62. The molecule has 130 valence electrons. The van der Waals surface area contributed by atoms with Crippen LogP contribution < -0.4 is 19.5 Å². The van der Waals surface area contributed by atoms with Gasteiger partial charge in [-0.05, 0) is 18.2 Å². The first-order valence-corrected chi connectivity index (χ1v) is 7.60. The number of methoxy groups -OCH3 is 1. The summed E-state index contributed by atoms with van der Waals surface area (Å²) in [7, 11) is 1.47. The van der Waals surface area contributed by atoms with E-state index in [-0.39, 0.29) is 22.7 Å². The number of fused-ring (bicyclic) bond motifs is 1. The molecule has 0 saturated carbocycles. The van der Waals surface area contributed by atoms with Gasteiger partial charge in [0.25, 0.3) is 11.6 Å². The topological polar surface area (TPSA) is 99.9 Å². The average Bonchev–Trinajstić information content (AvgIpc) is 2.60. The third-order valence-corrected chi connectivity index (χ3v) is 3.81. The SMILES string of the molecule is COc1ccc(NC(=O)c2cc3c(cc2[N+](=O)[O-])OCCO3)cc1Cl. The molecular weight excluding hydrogens is 352 g/mol. The molecule has 0 aliphatic carbocycles. The molecule has 9 heteroatoms. The van der Waals surface area contributed by atoms with Crippen molar-refractivity contribution >= 4 is 28.9 Å². The van der Waals surface area contributed by atoms with Crippen LogP contribution in [-0.2, 0) is 0 Å². The second-order valence-electron chi connectivity index (χ2n) is 5.07. The van der Waals surface area contributed by atoms with Crippen molar-refractivity contribution in [2.75, 3.05) is 25.6 Å². The van der Waals surface area contributed by atoms with Crippen molar-refractivity contribution in [3.63, 3.8) is 0 Å². The number of carbonyl (C=O) groups excluding carboxylic acids is 1. The Morgan fingerprint density at radius 2 is 1.92 bits per heavy atom. The number of benzene rings is 2. The Labute approximate surface area is 147 Å². The molecule has 2 aromatic rings. The fourth-order valence-corrected chi connectivity index (χ4v) is 2.61. The van der Waals surface area contributed by atoms with Crippen molar-refractivity contribution in [1.82, 2.24) is 0 Å². The number of nitrogens with one attached hydrogen (secondary N) is 1. The van der Waals surface area contributed by atoms with Crippen molar-refractivity contribution in [1.29, 1.82) is 0 Å². The highest BCUT2D eigenvalue weighted by Crippen LogP contribution is 2.37. The minimum Gasteiger partial charge on any atom is -0.495 e. The molecule has 1 heterocycles. The fraction of sp³-hybridized carbons (Fsp3) is 0.188. The van der Waals surface area contributed by atoms with Crippen LogP contribution in [0.4, 0.5) is 11.4 Å². The second kappa shape index (κ2) is 6.86. The number of carbonyl (C=O) groups is 1. The predicted octanol–water partition coefficient (Wildman–Crippen LogP) is 3.28. The highest BCUT2D eigenvalue weighted by atomic mass is 35.5. The number of nitro benzene ring substituents is 1. The molecule has 1 aliphatic rings. The maximum atomic E-state index is 12.5. The van der Waals surface area contributed by atoms with E-state index in [1.807, 2.05) is 0 Å². The molecule has 2 aromatic carbocycles. The summed E-state index contributed by atoms with van der Waals surface area (Å²) in [6.07, 6.45) is 0. The van der Waals surface area contributed by atoms with Gasteiger partial charge in [-0.1, -0.05) is 11.6 Å². The Balaban J connectivity index is 1.93. The normalized spacial score (nSPS) is 12.4. The lowest BCUT2D eigenvalue weighted by molar-refractivity contribution is -0.385. The van der Waals surface area contributed by atoms with Gasteiger partial charge < -0.3 is 19.5 Å². The summed E-state index contributed by atoms with van der Waals surface area (Å²) in [6, 6.07) is 7.13. The van der Waals surface area contributed by atoms with E-state index in [2.05, 4.69) is 5.32 Å². The summed E-state index contributed by atoms with van der Waals surface area (Å²) in [5.74, 6) is 0.312. The second-order valence-corrected chi connectivity index (χ2v) is 5.48. The Morgan fingerprint density at radius 1 is 1.24 bits per heavy atom. The summed E-state index contributed by atoms with van der Waals surface area (Å²) < 4.78 is 15.7. The van der Waals surface area contributed by atoms with E-state index in [0.717, 1.165) is 0 Å². The summed E-state index contributed by atoms with van der Waals surface area (Å²) >= 11 is 6.01. The summed E-state index contributed by atoms with van der Waals surface area (Å²) in [6.45, 7) is 0.597. The first kappa shape index (κ1) is 16.8. The maximum Gasteiger partial charge on any atom is 0.286 e. The van der Waals surface area contributed by atoms with Crippen molar-refractivity contribution in [2.24, 2.45) is 0 Å². The van der Waals surface area contributed by atoms with Crippen LogP contribution in [0.1, 0.15) is 10.4 Å². The Morgan fingerprint density at radius 3 is 2.52 bits per heavy atom.